The minimum Gasteiger partial charge on any atom is -0.406 e. The van der Waals surface area contributed by atoms with Crippen molar-refractivity contribution >= 4 is 23.2 Å². The number of anilines is 1. The van der Waals surface area contributed by atoms with Crippen LogP contribution in [0.4, 0.5) is 32.0 Å². The van der Waals surface area contributed by atoms with Crippen LogP contribution in [0.2, 0.25) is 5.02 Å². The fraction of sp³-hybridized carbons (Fsp3) is 0.429. The summed E-state index contributed by atoms with van der Waals surface area (Å²) in [4.78, 5) is 16.8. The molecule has 1 saturated heterocycles. The molecule has 0 radical (unpaired) electrons. The van der Waals surface area contributed by atoms with Crippen molar-refractivity contribution in [2.24, 2.45) is 0 Å². The van der Waals surface area contributed by atoms with Gasteiger partial charge in [-0.1, -0.05) is 17.7 Å². The Kier molecular flexibility index (Phi) is 7.56. The molecule has 3 rings (SSSR count). The summed E-state index contributed by atoms with van der Waals surface area (Å²) in [6.07, 6.45) is -12.5. The lowest BCUT2D eigenvalue weighted by Crippen LogP contribution is -2.43. The lowest BCUT2D eigenvalue weighted by molar-refractivity contribution is -0.274. The summed E-state index contributed by atoms with van der Waals surface area (Å²) in [5, 5.41) is 20.5. The number of nitrogens with one attached hydrogen (secondary N) is 1. The third-order valence-electron chi connectivity index (χ3n) is 5.39. The fourth-order valence-corrected chi connectivity index (χ4v) is 3.93. The Labute approximate surface area is 199 Å². The molecule has 14 heteroatoms. The number of alkyl halides is 6. The molecule has 7 nitrogen and oxygen atoms in total. The van der Waals surface area contributed by atoms with Gasteiger partial charge in [-0.25, -0.2) is 0 Å². The van der Waals surface area contributed by atoms with Gasteiger partial charge in [0.1, 0.15) is 18.0 Å². The highest BCUT2D eigenvalue weighted by atomic mass is 35.5. The molecule has 2 heterocycles. The average molecular weight is 529 g/mol. The van der Waals surface area contributed by atoms with Crippen LogP contribution in [0, 0.1) is 0 Å². The summed E-state index contributed by atoms with van der Waals surface area (Å²) in [6, 6.07) is 5.31. The molecule has 3 unspecified atom stereocenters. The van der Waals surface area contributed by atoms with E-state index < -0.39 is 60.9 Å². The van der Waals surface area contributed by atoms with Crippen LogP contribution in [0.25, 0.3) is 0 Å². The number of carbonyl (C=O) groups is 1. The predicted molar refractivity (Wildman–Crippen MR) is 110 cm³/mol. The number of halogens is 7. The Bertz CT molecular complexity index is 1070. The number of pyridine rings is 1. The molecule has 1 amide bonds. The molecule has 192 valence electrons. The van der Waals surface area contributed by atoms with Gasteiger partial charge in [0.25, 0.3) is 5.91 Å². The van der Waals surface area contributed by atoms with Gasteiger partial charge < -0.3 is 25.0 Å². The highest BCUT2D eigenvalue weighted by Gasteiger charge is 2.61. The largest absolute Gasteiger partial charge is 0.573 e. The number of ether oxygens (including phenoxy) is 2. The maximum Gasteiger partial charge on any atom is 0.573 e. The molecule has 0 bridgehead atoms. The first kappa shape index (κ1) is 27.0. The molecule has 1 aromatic heterocycles. The van der Waals surface area contributed by atoms with Gasteiger partial charge in [0, 0.05) is 10.9 Å². The number of amides is 1. The Hall–Kier alpha value is -2.61. The van der Waals surface area contributed by atoms with E-state index in [0.717, 1.165) is 31.3 Å². The summed E-state index contributed by atoms with van der Waals surface area (Å²) in [7, 11) is 0. The molecule has 4 atom stereocenters. The maximum absolute atomic E-state index is 13.7. The smallest absolute Gasteiger partial charge is 0.406 e. The third kappa shape index (κ3) is 6.15. The number of rotatable bonds is 6. The van der Waals surface area contributed by atoms with E-state index in [1.54, 1.807) is 0 Å². The number of nitrogens with zero attached hydrogens (tertiary/aromatic N) is 1. The lowest BCUT2D eigenvalue weighted by atomic mass is 9.86. The number of carbonyl (C=O) groups excluding carboxylic acids is 1. The highest BCUT2D eigenvalue weighted by molar-refractivity contribution is 6.31. The second-order valence-corrected chi connectivity index (χ2v) is 8.38. The van der Waals surface area contributed by atoms with E-state index in [1.807, 2.05) is 0 Å². The Morgan fingerprint density at radius 2 is 1.97 bits per heavy atom. The normalized spacial score (nSPS) is 23.7. The van der Waals surface area contributed by atoms with Gasteiger partial charge in [-0.2, -0.15) is 13.2 Å². The van der Waals surface area contributed by atoms with Crippen molar-refractivity contribution in [3.63, 3.8) is 0 Å². The van der Waals surface area contributed by atoms with Crippen molar-refractivity contribution < 1.29 is 50.8 Å². The molecule has 3 N–H and O–H groups in total. The zero-order chi connectivity index (χ0) is 26.2. The molecule has 35 heavy (non-hydrogen) atoms. The summed E-state index contributed by atoms with van der Waals surface area (Å²) >= 11 is 6.07. The number of benzene rings is 1. The van der Waals surface area contributed by atoms with Crippen LogP contribution in [0.15, 0.2) is 36.5 Å². The first-order valence-corrected chi connectivity index (χ1v) is 10.4. The molecule has 1 aromatic carbocycles. The number of hydrogen-bond acceptors (Lipinski definition) is 6. The van der Waals surface area contributed by atoms with E-state index in [1.165, 1.54) is 12.1 Å². The molecular formula is C21H19ClF6N2O5. The van der Waals surface area contributed by atoms with E-state index in [4.69, 9.17) is 21.4 Å². The van der Waals surface area contributed by atoms with Crippen LogP contribution in [0.1, 0.15) is 36.6 Å². The molecule has 0 saturated carbocycles. The van der Waals surface area contributed by atoms with Crippen molar-refractivity contribution in [1.29, 1.82) is 0 Å². The quantitative estimate of drug-likeness (QED) is 0.478. The minimum atomic E-state index is -5.00. The van der Waals surface area contributed by atoms with Crippen LogP contribution >= 0.6 is 11.6 Å². The van der Waals surface area contributed by atoms with Gasteiger partial charge in [0.05, 0.1) is 24.2 Å². The zero-order valence-corrected chi connectivity index (χ0v) is 18.6. The maximum atomic E-state index is 13.7. The number of aromatic nitrogens is 1. The first-order valence-electron chi connectivity index (χ1n) is 9.99. The van der Waals surface area contributed by atoms with Crippen LogP contribution in [-0.4, -0.2) is 52.0 Å². The number of hydrogen-bond donors (Lipinski definition) is 3. The molecule has 0 aliphatic carbocycles. The van der Waals surface area contributed by atoms with Crippen LogP contribution in [0.5, 0.6) is 5.75 Å². The van der Waals surface area contributed by atoms with Gasteiger partial charge in [-0.05, 0) is 43.2 Å². The molecule has 2 aromatic rings. The van der Waals surface area contributed by atoms with Crippen molar-refractivity contribution in [2.45, 2.75) is 49.6 Å². The van der Waals surface area contributed by atoms with Gasteiger partial charge in [-0.3, -0.25) is 9.78 Å². The average Bonchev–Trinajstić information content (AvgIpc) is 3.11. The standard InChI is InChI=1S/C21H19ClF6N2O5/c1-19(20(23,24)25)7-13(12-4-3-11(6-14(12)22)34-21(26,27)28)17(35-19)18(33)30-10-2-5-15(29-8-10)16(32)9-31/h2-6,8,13,16-17,31-32H,7,9H2,1H3,(H,30,33)/t13?,16-,17?,19?/m0/s1. The SMILES string of the molecule is CC1(C(F)(F)F)CC(c2ccc(OC(F)(F)F)cc2Cl)C(C(=O)Nc2ccc([C@@H](O)CO)nc2)O1. The topological polar surface area (TPSA) is 101 Å². The third-order valence-corrected chi connectivity index (χ3v) is 5.72. The number of aliphatic hydroxyl groups is 2. The second-order valence-electron chi connectivity index (χ2n) is 7.97. The predicted octanol–water partition coefficient (Wildman–Crippen LogP) is 4.49. The monoisotopic (exact) mass is 528 g/mol. The Balaban J connectivity index is 1.89. The Morgan fingerprint density at radius 3 is 2.49 bits per heavy atom. The van der Waals surface area contributed by atoms with Crippen LogP contribution in [-0.2, 0) is 9.53 Å². The van der Waals surface area contributed by atoms with Crippen molar-refractivity contribution in [3.05, 3.63) is 52.8 Å². The summed E-state index contributed by atoms with van der Waals surface area (Å²) < 4.78 is 87.5. The zero-order valence-electron chi connectivity index (χ0n) is 17.8. The molecule has 1 aliphatic heterocycles. The van der Waals surface area contributed by atoms with E-state index in [9.17, 15) is 36.2 Å². The van der Waals surface area contributed by atoms with Crippen LogP contribution in [0.3, 0.4) is 0 Å². The summed E-state index contributed by atoms with van der Waals surface area (Å²) in [5.74, 6) is -2.93. The van der Waals surface area contributed by atoms with E-state index in [0.29, 0.717) is 0 Å². The summed E-state index contributed by atoms with van der Waals surface area (Å²) in [6.45, 7) is 0.162. The number of aliphatic hydroxyl groups excluding tert-OH is 2. The van der Waals surface area contributed by atoms with E-state index in [-0.39, 0.29) is 22.0 Å². The highest BCUT2D eigenvalue weighted by Crippen LogP contribution is 2.51. The van der Waals surface area contributed by atoms with E-state index in [2.05, 4.69) is 15.0 Å². The van der Waals surface area contributed by atoms with Crippen molar-refractivity contribution in [2.75, 3.05) is 11.9 Å². The molecule has 1 aliphatic rings. The van der Waals surface area contributed by atoms with Gasteiger partial charge in [0.15, 0.2) is 5.60 Å². The van der Waals surface area contributed by atoms with Crippen LogP contribution < -0.4 is 10.1 Å². The first-order chi connectivity index (χ1) is 16.1. The Morgan fingerprint density at radius 1 is 1.29 bits per heavy atom. The van der Waals surface area contributed by atoms with E-state index >= 15 is 0 Å². The van der Waals surface area contributed by atoms with Crippen molar-refractivity contribution in [1.82, 2.24) is 4.98 Å². The summed E-state index contributed by atoms with van der Waals surface area (Å²) in [5.41, 5.74) is -2.61. The minimum absolute atomic E-state index is 0.0335. The fourth-order valence-electron chi connectivity index (χ4n) is 3.62. The lowest BCUT2D eigenvalue weighted by Gasteiger charge is -2.27. The van der Waals surface area contributed by atoms with Gasteiger partial charge in [0.2, 0.25) is 0 Å². The molecular weight excluding hydrogens is 510 g/mol. The van der Waals surface area contributed by atoms with Crippen molar-refractivity contribution in [3.8, 4) is 5.75 Å². The molecule has 0 spiro atoms. The van der Waals surface area contributed by atoms with Gasteiger partial charge >= 0.3 is 12.5 Å². The molecule has 1 fully saturated rings. The second kappa shape index (κ2) is 9.80. The van der Waals surface area contributed by atoms with Gasteiger partial charge in [-0.15, -0.1) is 13.2 Å².